The van der Waals surface area contributed by atoms with Crippen LogP contribution in [0.4, 0.5) is 13.2 Å². The molecule has 0 aromatic heterocycles. The van der Waals surface area contributed by atoms with Crippen LogP contribution in [0.25, 0.3) is 11.1 Å². The normalized spacial score (nSPS) is 24.0. The van der Waals surface area contributed by atoms with Crippen LogP contribution in [-0.4, -0.2) is 29.9 Å². The molecule has 1 heterocycles. The maximum Gasteiger partial charge on any atom is 0.416 e. The van der Waals surface area contributed by atoms with Gasteiger partial charge in [-0.1, -0.05) is 30.3 Å². The molecular weight excluding hydrogens is 389 g/mol. The zero-order valence-electron chi connectivity index (χ0n) is 15.2. The third-order valence-corrected chi connectivity index (χ3v) is 5.88. The van der Waals surface area contributed by atoms with Crippen molar-refractivity contribution in [2.45, 2.75) is 25.1 Å². The summed E-state index contributed by atoms with van der Waals surface area (Å²) in [5, 5.41) is 0. The first-order valence-corrected chi connectivity index (χ1v) is 9.16. The fourth-order valence-electron chi connectivity index (χ4n) is 4.40. The highest BCUT2D eigenvalue weighted by Gasteiger charge is 2.42. The molecule has 0 radical (unpaired) electrons. The molecular formula is C21H22ClF3N2O. The molecule has 2 N–H and O–H groups in total. The number of likely N-dealkylation sites (tertiary alicyclic amines) is 1. The lowest BCUT2D eigenvalue weighted by Crippen LogP contribution is -2.33. The SMILES string of the molecule is Cl.NC1CCC2CN(C(=O)c3ccccc3-c3ccc(C(F)(F)F)cc3)CC12. The Hall–Kier alpha value is -2.05. The van der Waals surface area contributed by atoms with Gasteiger partial charge in [-0.2, -0.15) is 13.2 Å². The Morgan fingerprint density at radius 1 is 1.00 bits per heavy atom. The van der Waals surface area contributed by atoms with Crippen LogP contribution in [0.5, 0.6) is 0 Å². The predicted octanol–water partition coefficient (Wildman–Crippen LogP) is 4.60. The maximum absolute atomic E-state index is 13.1. The zero-order chi connectivity index (χ0) is 19.2. The Morgan fingerprint density at radius 2 is 1.68 bits per heavy atom. The quantitative estimate of drug-likeness (QED) is 0.786. The van der Waals surface area contributed by atoms with Gasteiger partial charge in [0, 0.05) is 24.7 Å². The van der Waals surface area contributed by atoms with E-state index in [2.05, 4.69) is 0 Å². The fourth-order valence-corrected chi connectivity index (χ4v) is 4.40. The van der Waals surface area contributed by atoms with Crippen molar-refractivity contribution < 1.29 is 18.0 Å². The van der Waals surface area contributed by atoms with E-state index >= 15 is 0 Å². The van der Waals surface area contributed by atoms with Gasteiger partial charge in [0.05, 0.1) is 5.56 Å². The number of halogens is 4. The minimum Gasteiger partial charge on any atom is -0.338 e. The van der Waals surface area contributed by atoms with Gasteiger partial charge in [-0.15, -0.1) is 12.4 Å². The van der Waals surface area contributed by atoms with E-state index in [1.165, 1.54) is 12.1 Å². The number of carbonyl (C=O) groups excluding carboxylic acids is 1. The Labute approximate surface area is 168 Å². The van der Waals surface area contributed by atoms with Crippen LogP contribution >= 0.6 is 12.4 Å². The molecule has 7 heteroatoms. The number of rotatable bonds is 2. The summed E-state index contributed by atoms with van der Waals surface area (Å²) in [5.74, 6) is 0.737. The third-order valence-electron chi connectivity index (χ3n) is 5.88. The molecule has 3 atom stereocenters. The van der Waals surface area contributed by atoms with E-state index in [0.29, 0.717) is 41.6 Å². The van der Waals surface area contributed by atoms with E-state index in [1.807, 2.05) is 4.90 Å². The van der Waals surface area contributed by atoms with Gasteiger partial charge in [0.15, 0.2) is 0 Å². The lowest BCUT2D eigenvalue weighted by molar-refractivity contribution is -0.137. The average Bonchev–Trinajstić information content (AvgIpc) is 3.23. The van der Waals surface area contributed by atoms with Crippen molar-refractivity contribution in [1.29, 1.82) is 0 Å². The number of carbonyl (C=O) groups is 1. The lowest BCUT2D eigenvalue weighted by Gasteiger charge is -2.20. The van der Waals surface area contributed by atoms with Crippen molar-refractivity contribution in [2.75, 3.05) is 13.1 Å². The lowest BCUT2D eigenvalue weighted by atomic mass is 9.97. The molecule has 3 unspecified atom stereocenters. The summed E-state index contributed by atoms with van der Waals surface area (Å²) in [6.07, 6.45) is -2.31. The molecule has 0 spiro atoms. The zero-order valence-corrected chi connectivity index (χ0v) is 16.0. The van der Waals surface area contributed by atoms with Gasteiger partial charge >= 0.3 is 6.18 Å². The topological polar surface area (TPSA) is 46.3 Å². The number of hydrogen-bond donors (Lipinski definition) is 1. The molecule has 3 nitrogen and oxygen atoms in total. The van der Waals surface area contributed by atoms with Crippen LogP contribution in [0.1, 0.15) is 28.8 Å². The fraction of sp³-hybridized carbons (Fsp3) is 0.381. The van der Waals surface area contributed by atoms with E-state index in [4.69, 9.17) is 5.73 Å². The molecule has 2 fully saturated rings. The van der Waals surface area contributed by atoms with Gasteiger partial charge < -0.3 is 10.6 Å². The first-order valence-electron chi connectivity index (χ1n) is 9.16. The number of fused-ring (bicyclic) bond motifs is 1. The first-order chi connectivity index (χ1) is 12.8. The summed E-state index contributed by atoms with van der Waals surface area (Å²) in [7, 11) is 0. The number of amides is 1. The van der Waals surface area contributed by atoms with E-state index in [1.54, 1.807) is 24.3 Å². The van der Waals surface area contributed by atoms with Crippen LogP contribution in [0.2, 0.25) is 0 Å². The molecule has 4 rings (SSSR count). The van der Waals surface area contributed by atoms with Crippen molar-refractivity contribution in [3.63, 3.8) is 0 Å². The molecule has 1 aliphatic carbocycles. The summed E-state index contributed by atoms with van der Waals surface area (Å²) in [6.45, 7) is 1.37. The van der Waals surface area contributed by atoms with Crippen LogP contribution < -0.4 is 5.73 Å². The standard InChI is InChI=1S/C21H21F3N2O.ClH/c22-21(23,24)15-8-5-13(6-9-15)16-3-1-2-4-17(16)20(27)26-11-14-7-10-19(25)18(14)12-26;/h1-6,8-9,14,18-19H,7,10-12,25H2;1H. The summed E-state index contributed by atoms with van der Waals surface area (Å²) in [4.78, 5) is 15.0. The number of hydrogen-bond acceptors (Lipinski definition) is 2. The van der Waals surface area contributed by atoms with E-state index in [0.717, 1.165) is 25.0 Å². The first kappa shape index (κ1) is 20.7. The molecule has 1 saturated carbocycles. The molecule has 2 aliphatic rings. The van der Waals surface area contributed by atoms with Gasteiger partial charge in [0.2, 0.25) is 0 Å². The molecule has 28 heavy (non-hydrogen) atoms. The second kappa shape index (κ2) is 7.76. The van der Waals surface area contributed by atoms with E-state index < -0.39 is 11.7 Å². The predicted molar refractivity (Wildman–Crippen MR) is 104 cm³/mol. The summed E-state index contributed by atoms with van der Waals surface area (Å²) < 4.78 is 38.4. The van der Waals surface area contributed by atoms with Gasteiger partial charge in [-0.25, -0.2) is 0 Å². The van der Waals surface area contributed by atoms with Gasteiger partial charge in [0.1, 0.15) is 0 Å². The van der Waals surface area contributed by atoms with Gasteiger partial charge in [-0.05, 0) is 54.0 Å². The van der Waals surface area contributed by atoms with Crippen LogP contribution in [-0.2, 0) is 6.18 Å². The van der Waals surface area contributed by atoms with Crippen molar-refractivity contribution >= 4 is 18.3 Å². The number of nitrogens with zero attached hydrogens (tertiary/aromatic N) is 1. The largest absolute Gasteiger partial charge is 0.416 e. The van der Waals surface area contributed by atoms with Crippen molar-refractivity contribution in [3.05, 3.63) is 59.7 Å². The highest BCUT2D eigenvalue weighted by atomic mass is 35.5. The second-order valence-electron chi connectivity index (χ2n) is 7.50. The average molecular weight is 411 g/mol. The van der Waals surface area contributed by atoms with E-state index in [-0.39, 0.29) is 24.4 Å². The van der Waals surface area contributed by atoms with E-state index in [9.17, 15) is 18.0 Å². The molecule has 1 amide bonds. The number of nitrogens with two attached hydrogens (primary N) is 1. The third kappa shape index (κ3) is 3.76. The Balaban J connectivity index is 0.00000225. The van der Waals surface area contributed by atoms with Gasteiger partial charge in [0.25, 0.3) is 5.91 Å². The van der Waals surface area contributed by atoms with Crippen molar-refractivity contribution in [2.24, 2.45) is 17.6 Å². The molecule has 0 bridgehead atoms. The van der Waals surface area contributed by atoms with Crippen LogP contribution in [0.3, 0.4) is 0 Å². The summed E-state index contributed by atoms with van der Waals surface area (Å²) in [5.41, 5.74) is 7.23. The Morgan fingerprint density at radius 3 is 2.32 bits per heavy atom. The number of benzene rings is 2. The molecule has 2 aromatic carbocycles. The molecule has 1 aliphatic heterocycles. The number of alkyl halides is 3. The summed E-state index contributed by atoms with van der Waals surface area (Å²) >= 11 is 0. The molecule has 1 saturated heterocycles. The van der Waals surface area contributed by atoms with Gasteiger partial charge in [-0.3, -0.25) is 4.79 Å². The minimum absolute atomic E-state index is 0. The smallest absolute Gasteiger partial charge is 0.338 e. The minimum atomic E-state index is -4.38. The second-order valence-corrected chi connectivity index (χ2v) is 7.50. The highest BCUT2D eigenvalue weighted by molar-refractivity contribution is 6.01. The van der Waals surface area contributed by atoms with Crippen LogP contribution in [0.15, 0.2) is 48.5 Å². The van der Waals surface area contributed by atoms with Crippen molar-refractivity contribution in [3.8, 4) is 11.1 Å². The van der Waals surface area contributed by atoms with Crippen molar-refractivity contribution in [1.82, 2.24) is 4.90 Å². The highest BCUT2D eigenvalue weighted by Crippen LogP contribution is 2.38. The molecule has 2 aromatic rings. The van der Waals surface area contributed by atoms with Crippen LogP contribution in [0, 0.1) is 11.8 Å². The monoisotopic (exact) mass is 410 g/mol. The Kier molecular flexibility index (Phi) is 5.73. The maximum atomic E-state index is 13.1. The molecule has 150 valence electrons. The summed E-state index contributed by atoms with van der Waals surface area (Å²) in [6, 6.07) is 12.2. The Bertz CT molecular complexity index is 853.